The van der Waals surface area contributed by atoms with Gasteiger partial charge >= 0.3 is 0 Å². The number of rotatable bonds is 6. The lowest BCUT2D eigenvalue weighted by Gasteiger charge is -2.25. The van der Waals surface area contributed by atoms with Gasteiger partial charge in [0.1, 0.15) is 12.4 Å². The summed E-state index contributed by atoms with van der Waals surface area (Å²) in [6.45, 7) is 8.77. The second-order valence-electron chi connectivity index (χ2n) is 6.99. The Morgan fingerprint density at radius 3 is 2.63 bits per heavy atom. The Morgan fingerprint density at radius 1 is 1.19 bits per heavy atom. The number of hydrogen-bond acceptors (Lipinski definition) is 3. The molecule has 0 aliphatic rings. The Labute approximate surface area is 182 Å². The number of thiophene rings is 1. The van der Waals surface area contributed by atoms with Crippen molar-refractivity contribution in [2.45, 2.75) is 32.7 Å². The Morgan fingerprint density at radius 2 is 1.96 bits per heavy atom. The minimum atomic E-state index is 0. The van der Waals surface area contributed by atoms with E-state index in [2.05, 4.69) is 59.6 Å². The van der Waals surface area contributed by atoms with Gasteiger partial charge in [-0.3, -0.25) is 0 Å². The average Bonchev–Trinajstić information content (AvgIpc) is 3.27. The molecular formula is C20H28IN5S. The van der Waals surface area contributed by atoms with Crippen LogP contribution in [0.25, 0.3) is 11.0 Å². The number of aryl methyl sites for hydroxylation is 1. The molecule has 0 spiro atoms. The molecule has 5 nitrogen and oxygen atoms in total. The topological polar surface area (TPSA) is 54.2 Å². The molecule has 0 amide bonds. The standard InChI is InChI=1S/C20H27N5S.HI/c1-5-21-19(23-14-20(2,3)17-11-8-12-26-17)22-13-18-24-15-9-6-7-10-16(15)25(18)4;/h6-12H,5,13-14H2,1-4H3,(H2,21,22,23);1H. The molecule has 2 aromatic heterocycles. The Balaban J connectivity index is 0.00000261. The Kier molecular flexibility index (Phi) is 7.67. The van der Waals surface area contributed by atoms with Gasteiger partial charge in [-0.25, -0.2) is 9.98 Å². The molecule has 146 valence electrons. The highest BCUT2D eigenvalue weighted by molar-refractivity contribution is 14.0. The third kappa shape index (κ3) is 5.22. The predicted molar refractivity (Wildman–Crippen MR) is 126 cm³/mol. The van der Waals surface area contributed by atoms with Gasteiger partial charge in [-0.15, -0.1) is 35.3 Å². The molecule has 0 bridgehead atoms. The first-order valence-electron chi connectivity index (χ1n) is 8.98. The van der Waals surface area contributed by atoms with Crippen molar-refractivity contribution in [2.75, 3.05) is 13.1 Å². The summed E-state index contributed by atoms with van der Waals surface area (Å²) in [6.07, 6.45) is 0. The van der Waals surface area contributed by atoms with Crippen LogP contribution in [0.3, 0.4) is 0 Å². The highest BCUT2D eigenvalue weighted by Crippen LogP contribution is 2.26. The van der Waals surface area contributed by atoms with Gasteiger partial charge in [-0.05, 0) is 30.5 Å². The van der Waals surface area contributed by atoms with Crippen LogP contribution in [-0.2, 0) is 19.0 Å². The van der Waals surface area contributed by atoms with E-state index < -0.39 is 0 Å². The minimum Gasteiger partial charge on any atom is -0.357 e. The maximum Gasteiger partial charge on any atom is 0.191 e. The van der Waals surface area contributed by atoms with Gasteiger partial charge in [0, 0.05) is 30.4 Å². The van der Waals surface area contributed by atoms with Crippen LogP contribution in [0, 0.1) is 0 Å². The summed E-state index contributed by atoms with van der Waals surface area (Å²) in [5.41, 5.74) is 2.20. The van der Waals surface area contributed by atoms with Crippen molar-refractivity contribution in [1.29, 1.82) is 0 Å². The molecule has 0 unspecified atom stereocenters. The lowest BCUT2D eigenvalue weighted by molar-refractivity contribution is 0.518. The van der Waals surface area contributed by atoms with E-state index in [9.17, 15) is 0 Å². The van der Waals surface area contributed by atoms with Crippen LogP contribution >= 0.6 is 35.3 Å². The number of halogens is 1. The summed E-state index contributed by atoms with van der Waals surface area (Å²) in [5, 5.41) is 8.94. The number of aromatic nitrogens is 2. The number of nitrogens with one attached hydrogen (secondary N) is 2. The smallest absolute Gasteiger partial charge is 0.191 e. The van der Waals surface area contributed by atoms with E-state index in [1.807, 2.05) is 25.2 Å². The van der Waals surface area contributed by atoms with Gasteiger partial charge in [0.15, 0.2) is 5.96 Å². The number of fused-ring (bicyclic) bond motifs is 1. The highest BCUT2D eigenvalue weighted by atomic mass is 127. The van der Waals surface area contributed by atoms with Crippen molar-refractivity contribution in [3.63, 3.8) is 0 Å². The van der Waals surface area contributed by atoms with E-state index in [1.165, 1.54) is 4.88 Å². The van der Waals surface area contributed by atoms with Gasteiger partial charge < -0.3 is 15.2 Å². The molecule has 0 saturated carbocycles. The summed E-state index contributed by atoms with van der Waals surface area (Å²) in [6, 6.07) is 12.5. The molecule has 3 aromatic rings. The molecule has 0 atom stereocenters. The summed E-state index contributed by atoms with van der Waals surface area (Å²) in [7, 11) is 2.04. The number of aliphatic imine (C=N–C) groups is 1. The zero-order valence-electron chi connectivity index (χ0n) is 16.3. The van der Waals surface area contributed by atoms with Gasteiger partial charge in [0.2, 0.25) is 0 Å². The first-order chi connectivity index (χ1) is 12.5. The molecule has 0 fully saturated rings. The van der Waals surface area contributed by atoms with E-state index in [0.29, 0.717) is 6.54 Å². The maximum absolute atomic E-state index is 4.74. The molecule has 2 N–H and O–H groups in total. The van der Waals surface area contributed by atoms with Crippen LogP contribution in [0.15, 0.2) is 46.8 Å². The molecule has 0 aliphatic heterocycles. The van der Waals surface area contributed by atoms with Crippen molar-refractivity contribution in [3.05, 3.63) is 52.5 Å². The molecule has 0 saturated heterocycles. The minimum absolute atomic E-state index is 0. The molecule has 2 heterocycles. The van der Waals surface area contributed by atoms with Gasteiger partial charge in [0.05, 0.1) is 11.0 Å². The number of para-hydroxylation sites is 2. The average molecular weight is 497 g/mol. The largest absolute Gasteiger partial charge is 0.357 e. The van der Waals surface area contributed by atoms with Crippen molar-refractivity contribution >= 4 is 52.3 Å². The van der Waals surface area contributed by atoms with E-state index in [-0.39, 0.29) is 29.4 Å². The van der Waals surface area contributed by atoms with Crippen molar-refractivity contribution in [3.8, 4) is 0 Å². The van der Waals surface area contributed by atoms with Gasteiger partial charge in [0.25, 0.3) is 0 Å². The normalized spacial score (nSPS) is 12.1. The number of benzene rings is 1. The number of hydrogen-bond donors (Lipinski definition) is 2. The Bertz CT molecular complexity index is 883. The quantitative estimate of drug-likeness (QED) is 0.304. The van der Waals surface area contributed by atoms with Crippen LogP contribution in [0.5, 0.6) is 0 Å². The van der Waals surface area contributed by atoms with Crippen molar-refractivity contribution in [1.82, 2.24) is 20.2 Å². The fourth-order valence-corrected chi connectivity index (χ4v) is 3.74. The van der Waals surface area contributed by atoms with Gasteiger partial charge in [-0.1, -0.05) is 32.0 Å². The van der Waals surface area contributed by atoms with Crippen LogP contribution < -0.4 is 10.6 Å². The molecule has 3 rings (SSSR count). The second kappa shape index (κ2) is 9.54. The summed E-state index contributed by atoms with van der Waals surface area (Å²) in [5.74, 6) is 1.78. The molecule has 27 heavy (non-hydrogen) atoms. The van der Waals surface area contributed by atoms with Crippen LogP contribution in [0.4, 0.5) is 0 Å². The zero-order chi connectivity index (χ0) is 18.6. The Hall–Kier alpha value is -1.61. The monoisotopic (exact) mass is 497 g/mol. The van der Waals surface area contributed by atoms with E-state index in [1.54, 1.807) is 11.3 Å². The third-order valence-corrected chi connectivity index (χ3v) is 5.72. The van der Waals surface area contributed by atoms with Crippen molar-refractivity contribution < 1.29 is 0 Å². The molecule has 0 radical (unpaired) electrons. The molecule has 7 heteroatoms. The summed E-state index contributed by atoms with van der Waals surface area (Å²) >= 11 is 1.80. The zero-order valence-corrected chi connectivity index (χ0v) is 19.5. The van der Waals surface area contributed by atoms with Crippen LogP contribution in [0.2, 0.25) is 0 Å². The first kappa shape index (κ1) is 21.7. The predicted octanol–water partition coefficient (Wildman–Crippen LogP) is 4.29. The number of imidazole rings is 1. The number of guanidine groups is 1. The van der Waals surface area contributed by atoms with E-state index in [4.69, 9.17) is 9.98 Å². The molecular weight excluding hydrogens is 469 g/mol. The fourth-order valence-electron chi connectivity index (χ4n) is 2.88. The third-order valence-electron chi connectivity index (χ3n) is 4.49. The summed E-state index contributed by atoms with van der Waals surface area (Å²) < 4.78 is 2.11. The van der Waals surface area contributed by atoms with Crippen molar-refractivity contribution in [2.24, 2.45) is 12.0 Å². The van der Waals surface area contributed by atoms with E-state index >= 15 is 0 Å². The molecule has 0 aliphatic carbocycles. The first-order valence-corrected chi connectivity index (χ1v) is 9.85. The molecule has 1 aromatic carbocycles. The van der Waals surface area contributed by atoms with E-state index in [0.717, 1.165) is 35.9 Å². The fraction of sp³-hybridized carbons (Fsp3) is 0.400. The lowest BCUT2D eigenvalue weighted by Crippen LogP contribution is -2.43. The van der Waals surface area contributed by atoms with Crippen LogP contribution in [-0.4, -0.2) is 28.6 Å². The lowest BCUT2D eigenvalue weighted by atomic mass is 9.91. The van der Waals surface area contributed by atoms with Gasteiger partial charge in [-0.2, -0.15) is 0 Å². The van der Waals surface area contributed by atoms with Crippen LogP contribution in [0.1, 0.15) is 31.5 Å². The maximum atomic E-state index is 4.74. The highest BCUT2D eigenvalue weighted by Gasteiger charge is 2.22. The number of nitrogens with zero attached hydrogens (tertiary/aromatic N) is 3. The SMILES string of the molecule is CCNC(=NCc1nc2ccccc2n1C)NCC(C)(C)c1cccs1.I. The second-order valence-corrected chi connectivity index (χ2v) is 7.93. The summed E-state index contributed by atoms with van der Waals surface area (Å²) in [4.78, 5) is 10.8.